The molecule has 0 radical (unpaired) electrons. The summed E-state index contributed by atoms with van der Waals surface area (Å²) >= 11 is 3.41. The summed E-state index contributed by atoms with van der Waals surface area (Å²) in [6.07, 6.45) is -0.0864. The van der Waals surface area contributed by atoms with Gasteiger partial charge in [0, 0.05) is 18.7 Å². The van der Waals surface area contributed by atoms with Gasteiger partial charge in [-0.05, 0) is 22.9 Å². The van der Waals surface area contributed by atoms with Crippen molar-refractivity contribution in [3.8, 4) is 11.3 Å². The predicted molar refractivity (Wildman–Crippen MR) is 85.6 cm³/mol. The Kier molecular flexibility index (Phi) is 5.32. The van der Waals surface area contributed by atoms with E-state index in [4.69, 9.17) is 5.11 Å². The molecule has 7 heteroatoms. The van der Waals surface area contributed by atoms with Crippen LogP contribution in [0, 0.1) is 0 Å². The Bertz CT molecular complexity index is 670. The number of carboxylic acid groups (broad SMARTS) is 1. The highest BCUT2D eigenvalue weighted by Gasteiger charge is 2.22. The summed E-state index contributed by atoms with van der Waals surface area (Å²) in [6, 6.07) is 9.49. The van der Waals surface area contributed by atoms with Gasteiger partial charge in [0.2, 0.25) is 0 Å². The minimum atomic E-state index is -0.931. The van der Waals surface area contributed by atoms with Crippen LogP contribution in [-0.4, -0.2) is 45.2 Å². The van der Waals surface area contributed by atoms with Gasteiger partial charge in [0.25, 0.3) is 5.91 Å². The predicted octanol–water partition coefficient (Wildman–Crippen LogP) is 2.78. The van der Waals surface area contributed by atoms with Crippen molar-refractivity contribution in [3.05, 3.63) is 40.5 Å². The van der Waals surface area contributed by atoms with Crippen molar-refractivity contribution in [3.63, 3.8) is 0 Å². The van der Waals surface area contributed by atoms with E-state index in [1.54, 1.807) is 0 Å². The highest BCUT2D eigenvalue weighted by Crippen LogP contribution is 2.29. The van der Waals surface area contributed by atoms with Gasteiger partial charge in [0.15, 0.2) is 0 Å². The SMILES string of the molecule is CCN(CCC(=O)O)C(=O)c1[nH]nc(-c2ccccc2)c1Br. The van der Waals surface area contributed by atoms with Gasteiger partial charge in [-0.3, -0.25) is 14.7 Å². The lowest BCUT2D eigenvalue weighted by Crippen LogP contribution is -2.33. The van der Waals surface area contributed by atoms with Crippen LogP contribution in [0.4, 0.5) is 0 Å². The van der Waals surface area contributed by atoms with E-state index in [0.717, 1.165) is 5.56 Å². The third-order valence-corrected chi connectivity index (χ3v) is 4.00. The van der Waals surface area contributed by atoms with E-state index in [1.165, 1.54) is 4.90 Å². The summed E-state index contributed by atoms with van der Waals surface area (Å²) in [5.41, 5.74) is 1.86. The van der Waals surface area contributed by atoms with E-state index in [1.807, 2.05) is 37.3 Å². The number of aliphatic carboxylic acids is 1. The average molecular weight is 366 g/mol. The van der Waals surface area contributed by atoms with Crippen molar-refractivity contribution < 1.29 is 14.7 Å². The molecule has 0 aliphatic carbocycles. The number of H-pyrrole nitrogens is 1. The molecule has 0 unspecified atom stereocenters. The van der Waals surface area contributed by atoms with Crippen LogP contribution >= 0.6 is 15.9 Å². The van der Waals surface area contributed by atoms with Gasteiger partial charge in [-0.1, -0.05) is 30.3 Å². The summed E-state index contributed by atoms with van der Waals surface area (Å²) in [4.78, 5) is 24.6. The van der Waals surface area contributed by atoms with Gasteiger partial charge in [-0.2, -0.15) is 5.10 Å². The topological polar surface area (TPSA) is 86.3 Å². The van der Waals surface area contributed by atoms with E-state index in [0.29, 0.717) is 22.4 Å². The Labute approximate surface area is 136 Å². The van der Waals surface area contributed by atoms with Crippen LogP contribution in [0.2, 0.25) is 0 Å². The first kappa shape index (κ1) is 16.2. The maximum Gasteiger partial charge on any atom is 0.305 e. The molecule has 22 heavy (non-hydrogen) atoms. The Morgan fingerprint density at radius 2 is 2.00 bits per heavy atom. The highest BCUT2D eigenvalue weighted by molar-refractivity contribution is 9.10. The van der Waals surface area contributed by atoms with Gasteiger partial charge < -0.3 is 10.0 Å². The van der Waals surface area contributed by atoms with E-state index in [9.17, 15) is 9.59 Å². The first-order chi connectivity index (χ1) is 10.5. The van der Waals surface area contributed by atoms with E-state index >= 15 is 0 Å². The fourth-order valence-electron chi connectivity index (χ4n) is 2.05. The van der Waals surface area contributed by atoms with Crippen molar-refractivity contribution >= 4 is 27.8 Å². The molecule has 0 saturated heterocycles. The molecule has 1 aromatic heterocycles. The Morgan fingerprint density at radius 3 is 2.59 bits per heavy atom. The number of carbonyl (C=O) groups is 2. The lowest BCUT2D eigenvalue weighted by molar-refractivity contribution is -0.137. The van der Waals surface area contributed by atoms with Gasteiger partial charge in [-0.25, -0.2) is 0 Å². The van der Waals surface area contributed by atoms with Crippen LogP contribution in [0.15, 0.2) is 34.8 Å². The summed E-state index contributed by atoms with van der Waals surface area (Å²) in [5, 5.41) is 15.7. The number of rotatable bonds is 6. The molecule has 0 aliphatic heterocycles. The number of halogens is 1. The number of carboxylic acids is 1. The zero-order valence-corrected chi connectivity index (χ0v) is 13.6. The number of hydrogen-bond acceptors (Lipinski definition) is 3. The summed E-state index contributed by atoms with van der Waals surface area (Å²) in [6.45, 7) is 2.40. The standard InChI is InChI=1S/C15H16BrN3O3/c1-2-19(9-8-11(20)21)15(22)14-12(16)13(17-18-14)10-6-4-3-5-7-10/h3-7H,2,8-9H2,1H3,(H,17,18)(H,20,21). The zero-order valence-electron chi connectivity index (χ0n) is 12.0. The van der Waals surface area contributed by atoms with Crippen LogP contribution in [0.3, 0.4) is 0 Å². The van der Waals surface area contributed by atoms with Gasteiger partial charge in [0.05, 0.1) is 10.9 Å². The lowest BCUT2D eigenvalue weighted by Gasteiger charge is -2.19. The molecule has 1 amide bonds. The van der Waals surface area contributed by atoms with E-state index < -0.39 is 5.97 Å². The third kappa shape index (κ3) is 3.54. The first-order valence-corrected chi connectivity index (χ1v) is 7.64. The average Bonchev–Trinajstić information content (AvgIpc) is 2.90. The largest absolute Gasteiger partial charge is 0.481 e. The second kappa shape index (κ2) is 7.22. The van der Waals surface area contributed by atoms with Gasteiger partial charge in [-0.15, -0.1) is 0 Å². The number of nitrogens with zero attached hydrogens (tertiary/aromatic N) is 2. The Morgan fingerprint density at radius 1 is 1.32 bits per heavy atom. The normalized spacial score (nSPS) is 10.5. The van der Waals surface area contributed by atoms with Gasteiger partial charge >= 0.3 is 5.97 Å². The summed E-state index contributed by atoms with van der Waals surface area (Å²) in [5.74, 6) is -1.20. The molecule has 0 fully saturated rings. The molecule has 0 bridgehead atoms. The molecule has 1 aromatic carbocycles. The number of benzene rings is 1. The van der Waals surface area contributed by atoms with Crippen molar-refractivity contribution in [2.24, 2.45) is 0 Å². The second-order valence-corrected chi connectivity index (χ2v) is 5.45. The molecule has 116 valence electrons. The van der Waals surface area contributed by atoms with Crippen molar-refractivity contribution in [2.45, 2.75) is 13.3 Å². The van der Waals surface area contributed by atoms with Crippen LogP contribution in [-0.2, 0) is 4.79 Å². The number of aromatic nitrogens is 2. The summed E-state index contributed by atoms with van der Waals surface area (Å²) < 4.78 is 0.581. The number of amides is 1. The molecule has 0 aliphatic rings. The fraction of sp³-hybridized carbons (Fsp3) is 0.267. The molecular formula is C15H16BrN3O3. The maximum absolute atomic E-state index is 12.5. The lowest BCUT2D eigenvalue weighted by atomic mass is 10.1. The second-order valence-electron chi connectivity index (χ2n) is 4.66. The first-order valence-electron chi connectivity index (χ1n) is 6.85. The van der Waals surface area contributed by atoms with Crippen LogP contribution < -0.4 is 0 Å². The smallest absolute Gasteiger partial charge is 0.305 e. The third-order valence-electron chi connectivity index (χ3n) is 3.23. The highest BCUT2D eigenvalue weighted by atomic mass is 79.9. The molecule has 0 atom stereocenters. The van der Waals surface area contributed by atoms with E-state index in [-0.39, 0.29) is 18.9 Å². The molecule has 2 N–H and O–H groups in total. The minimum absolute atomic E-state index is 0.0864. The number of carbonyl (C=O) groups excluding carboxylic acids is 1. The molecular weight excluding hydrogens is 350 g/mol. The molecule has 0 saturated carbocycles. The molecule has 2 rings (SSSR count). The van der Waals surface area contributed by atoms with E-state index in [2.05, 4.69) is 26.1 Å². The van der Waals surface area contributed by atoms with Gasteiger partial charge in [0.1, 0.15) is 11.4 Å². The van der Waals surface area contributed by atoms with Crippen LogP contribution in [0.1, 0.15) is 23.8 Å². The summed E-state index contributed by atoms with van der Waals surface area (Å²) in [7, 11) is 0. The van der Waals surface area contributed by atoms with Crippen molar-refractivity contribution in [2.75, 3.05) is 13.1 Å². The quantitative estimate of drug-likeness (QED) is 0.823. The Hall–Kier alpha value is -2.15. The fourth-order valence-corrected chi connectivity index (χ4v) is 2.63. The molecule has 0 spiro atoms. The number of aromatic amines is 1. The van der Waals surface area contributed by atoms with Crippen molar-refractivity contribution in [1.29, 1.82) is 0 Å². The molecule has 6 nitrogen and oxygen atoms in total. The van der Waals surface area contributed by atoms with Crippen LogP contribution in [0.25, 0.3) is 11.3 Å². The maximum atomic E-state index is 12.5. The monoisotopic (exact) mass is 365 g/mol. The number of hydrogen-bond donors (Lipinski definition) is 2. The van der Waals surface area contributed by atoms with Crippen LogP contribution in [0.5, 0.6) is 0 Å². The molecule has 2 aromatic rings. The zero-order chi connectivity index (χ0) is 16.1. The molecule has 1 heterocycles. The number of nitrogens with one attached hydrogen (secondary N) is 1. The minimum Gasteiger partial charge on any atom is -0.481 e. The Balaban J connectivity index is 2.24. The van der Waals surface area contributed by atoms with Crippen molar-refractivity contribution in [1.82, 2.24) is 15.1 Å².